The van der Waals surface area contributed by atoms with Gasteiger partial charge in [-0.25, -0.2) is 0 Å². The van der Waals surface area contributed by atoms with Gasteiger partial charge in [-0.3, -0.25) is 4.21 Å². The number of aromatic nitrogens is 2. The minimum atomic E-state index is -1.29. The van der Waals surface area contributed by atoms with E-state index in [1.807, 2.05) is 6.07 Å². The molecular weight excluding hydrogens is 424 g/mol. The molecule has 1 saturated carbocycles. The van der Waals surface area contributed by atoms with E-state index in [1.54, 1.807) is 0 Å². The highest BCUT2D eigenvalue weighted by molar-refractivity contribution is 7.85. The number of aliphatic hydroxyl groups is 1. The van der Waals surface area contributed by atoms with Gasteiger partial charge in [-0.15, -0.1) is 0 Å². The summed E-state index contributed by atoms with van der Waals surface area (Å²) in [6.07, 6.45) is 4.87. The molecule has 0 bridgehead atoms. The summed E-state index contributed by atoms with van der Waals surface area (Å²) in [5.41, 5.74) is 2.54. The van der Waals surface area contributed by atoms with Gasteiger partial charge in [-0.05, 0) is 55.4 Å². The second-order valence-corrected chi connectivity index (χ2v) is 10.9. The summed E-state index contributed by atoms with van der Waals surface area (Å²) in [5.74, 6) is 1.65. The van der Waals surface area contributed by atoms with Crippen LogP contribution in [-0.4, -0.2) is 50.5 Å². The van der Waals surface area contributed by atoms with Crippen molar-refractivity contribution in [2.45, 2.75) is 42.5 Å². The summed E-state index contributed by atoms with van der Waals surface area (Å²) in [6.45, 7) is 1.76. The summed E-state index contributed by atoms with van der Waals surface area (Å²) >= 11 is 6.17. The molecule has 1 saturated heterocycles. The number of nitrogens with one attached hydrogen (secondary N) is 1. The fraction of sp³-hybridized carbons (Fsp3) is 0.524. The van der Waals surface area contributed by atoms with Crippen LogP contribution in [0.25, 0.3) is 0 Å². The summed E-state index contributed by atoms with van der Waals surface area (Å²) in [4.78, 5) is 12.0. The van der Waals surface area contributed by atoms with Crippen molar-refractivity contribution in [3.63, 3.8) is 0 Å². The largest absolute Gasteiger partial charge is 0.463 e. The van der Waals surface area contributed by atoms with E-state index < -0.39 is 10.8 Å². The van der Waals surface area contributed by atoms with Crippen LogP contribution in [0.3, 0.4) is 0 Å². The number of hydrogen-bond acceptors (Lipinski definition) is 7. The molecule has 0 amide bonds. The smallest absolute Gasteiger partial charge is 0.238 e. The first-order valence-corrected chi connectivity index (χ1v) is 12.0. The lowest BCUT2D eigenvalue weighted by Crippen LogP contribution is -2.57. The fourth-order valence-electron chi connectivity index (χ4n) is 5.22. The van der Waals surface area contributed by atoms with E-state index in [0.29, 0.717) is 22.5 Å². The number of benzene rings is 1. The third kappa shape index (κ3) is 2.84. The molecule has 9 heteroatoms. The zero-order valence-corrected chi connectivity index (χ0v) is 18.1. The van der Waals surface area contributed by atoms with Crippen LogP contribution in [0.5, 0.6) is 5.88 Å². The molecule has 2 aliphatic carbocycles. The van der Waals surface area contributed by atoms with Gasteiger partial charge in [0, 0.05) is 23.5 Å². The number of hydrogen-bond donors (Lipinski definition) is 2. The monoisotopic (exact) mass is 446 g/mol. The number of fused-ring (bicyclic) bond motifs is 2. The number of rotatable bonds is 4. The van der Waals surface area contributed by atoms with Gasteiger partial charge in [-0.2, -0.15) is 9.97 Å². The molecule has 2 fully saturated rings. The highest BCUT2D eigenvalue weighted by Crippen LogP contribution is 2.47. The van der Waals surface area contributed by atoms with Crippen molar-refractivity contribution in [1.82, 2.24) is 9.97 Å². The van der Waals surface area contributed by atoms with Crippen LogP contribution >= 0.6 is 11.6 Å². The van der Waals surface area contributed by atoms with Crippen molar-refractivity contribution in [2.75, 3.05) is 35.9 Å². The third-order valence-corrected chi connectivity index (χ3v) is 8.37. The maximum Gasteiger partial charge on any atom is 0.238 e. The Labute approximate surface area is 182 Å². The highest BCUT2D eigenvalue weighted by Gasteiger charge is 2.48. The van der Waals surface area contributed by atoms with E-state index in [2.05, 4.69) is 27.3 Å². The second-order valence-electron chi connectivity index (χ2n) is 9.15. The number of aliphatic hydroxyl groups excluding tert-OH is 1. The van der Waals surface area contributed by atoms with Gasteiger partial charge in [0.15, 0.2) is 11.8 Å². The quantitative estimate of drug-likeness (QED) is 0.746. The SMILES string of the molecule is O=S1COc2nc(N3CC4(Cc5ccc(Cl)cc5C4)C3)nc(NC3(CO)CCC3)c21. The molecule has 2 aromatic rings. The molecule has 1 aromatic carbocycles. The number of halogens is 1. The Morgan fingerprint density at radius 1 is 1.23 bits per heavy atom. The Morgan fingerprint density at radius 2 is 2.03 bits per heavy atom. The summed E-state index contributed by atoms with van der Waals surface area (Å²) < 4.78 is 18.1. The van der Waals surface area contributed by atoms with E-state index in [1.165, 1.54) is 11.1 Å². The first-order chi connectivity index (χ1) is 14.5. The molecular formula is C21H23ClN4O3S. The Bertz CT molecular complexity index is 1060. The van der Waals surface area contributed by atoms with E-state index in [-0.39, 0.29) is 23.5 Å². The predicted molar refractivity (Wildman–Crippen MR) is 115 cm³/mol. The van der Waals surface area contributed by atoms with Crippen molar-refractivity contribution in [2.24, 2.45) is 5.41 Å². The van der Waals surface area contributed by atoms with Crippen LogP contribution in [-0.2, 0) is 23.6 Å². The van der Waals surface area contributed by atoms with Crippen LogP contribution < -0.4 is 15.0 Å². The van der Waals surface area contributed by atoms with Gasteiger partial charge >= 0.3 is 0 Å². The average molecular weight is 447 g/mol. The molecule has 158 valence electrons. The fourth-order valence-corrected chi connectivity index (χ4v) is 6.37. The Balaban J connectivity index is 1.27. The lowest BCUT2D eigenvalue weighted by atomic mass is 9.77. The first kappa shape index (κ1) is 18.8. The number of nitrogens with zero attached hydrogens (tertiary/aromatic N) is 3. The van der Waals surface area contributed by atoms with Crippen molar-refractivity contribution in [3.05, 3.63) is 34.3 Å². The maximum absolute atomic E-state index is 12.5. The van der Waals surface area contributed by atoms with Crippen molar-refractivity contribution in [1.29, 1.82) is 0 Å². The van der Waals surface area contributed by atoms with Crippen LogP contribution in [0.15, 0.2) is 23.1 Å². The molecule has 7 nitrogen and oxygen atoms in total. The summed E-state index contributed by atoms with van der Waals surface area (Å²) in [7, 11) is -1.29. The van der Waals surface area contributed by atoms with Gasteiger partial charge in [0.05, 0.1) is 12.1 Å². The highest BCUT2D eigenvalue weighted by atomic mass is 35.5. The lowest BCUT2D eigenvalue weighted by molar-refractivity contribution is 0.143. The minimum Gasteiger partial charge on any atom is -0.463 e. The molecule has 30 heavy (non-hydrogen) atoms. The number of ether oxygens (including phenoxy) is 1. The normalized spacial score (nSPS) is 24.6. The average Bonchev–Trinajstić information content (AvgIpc) is 3.24. The molecule has 6 rings (SSSR count). The van der Waals surface area contributed by atoms with Gasteiger partial charge in [0.25, 0.3) is 0 Å². The summed E-state index contributed by atoms with van der Waals surface area (Å²) in [6, 6.07) is 6.18. The van der Waals surface area contributed by atoms with E-state index >= 15 is 0 Å². The molecule has 1 spiro atoms. The van der Waals surface area contributed by atoms with Crippen LogP contribution in [0.2, 0.25) is 5.02 Å². The summed E-state index contributed by atoms with van der Waals surface area (Å²) in [5, 5.41) is 14.0. The van der Waals surface area contributed by atoms with Crippen molar-refractivity contribution >= 4 is 34.2 Å². The molecule has 1 unspecified atom stereocenters. The number of anilines is 2. The molecule has 2 aliphatic heterocycles. The maximum atomic E-state index is 12.5. The first-order valence-electron chi connectivity index (χ1n) is 10.3. The Morgan fingerprint density at radius 3 is 2.77 bits per heavy atom. The Hall–Kier alpha value is -1.90. The van der Waals surface area contributed by atoms with Crippen LogP contribution in [0, 0.1) is 5.41 Å². The molecule has 1 aromatic heterocycles. The van der Waals surface area contributed by atoms with Gasteiger partial charge in [0.2, 0.25) is 11.8 Å². The van der Waals surface area contributed by atoms with Crippen molar-refractivity contribution in [3.8, 4) is 5.88 Å². The van der Waals surface area contributed by atoms with Crippen LogP contribution in [0.1, 0.15) is 30.4 Å². The molecule has 4 aliphatic rings. The Kier molecular flexibility index (Phi) is 4.11. The molecule has 2 N–H and O–H groups in total. The van der Waals surface area contributed by atoms with Crippen LogP contribution in [0.4, 0.5) is 11.8 Å². The van der Waals surface area contributed by atoms with E-state index in [0.717, 1.165) is 50.2 Å². The standard InChI is InChI=1S/C21H23ClN4O3S/c22-15-3-2-13-7-20(8-14(13)6-15)9-26(10-20)19-23-17(25-21(11-27)4-1-5-21)16-18(24-19)29-12-30(16)28/h2-3,6,27H,1,4-5,7-12H2,(H,23,24,25). The molecule has 0 radical (unpaired) electrons. The van der Waals surface area contributed by atoms with Crippen molar-refractivity contribution < 1.29 is 14.1 Å². The van der Waals surface area contributed by atoms with E-state index in [4.69, 9.17) is 21.3 Å². The topological polar surface area (TPSA) is 87.6 Å². The minimum absolute atomic E-state index is 0.0300. The second kappa shape index (κ2) is 6.55. The van der Waals surface area contributed by atoms with Gasteiger partial charge < -0.3 is 20.1 Å². The van der Waals surface area contributed by atoms with Gasteiger partial charge in [0.1, 0.15) is 15.7 Å². The predicted octanol–water partition coefficient (Wildman–Crippen LogP) is 2.52. The third-order valence-electron chi connectivity index (χ3n) is 6.98. The van der Waals surface area contributed by atoms with E-state index in [9.17, 15) is 9.32 Å². The zero-order chi connectivity index (χ0) is 20.5. The molecule has 1 atom stereocenters. The zero-order valence-electron chi connectivity index (χ0n) is 16.5. The van der Waals surface area contributed by atoms with Gasteiger partial charge in [-0.1, -0.05) is 17.7 Å². The lowest BCUT2D eigenvalue weighted by Gasteiger charge is -2.48. The molecule has 3 heterocycles.